The van der Waals surface area contributed by atoms with Crippen LogP contribution in [0.2, 0.25) is 0 Å². The number of hydrogen-bond donors (Lipinski definition) is 1. The second kappa shape index (κ2) is 4.40. The standard InChI is InChI=1S/C15H26ClNO/c1-13(2)11(14(13,3)4)12(18)17-15(10-16)8-6-5-7-9-15/h11H,5-10H2,1-4H3,(H,17,18). The highest BCUT2D eigenvalue weighted by Gasteiger charge is 2.68. The van der Waals surface area contributed by atoms with Crippen molar-refractivity contribution in [3.05, 3.63) is 0 Å². The average Bonchev–Trinajstić information content (AvgIpc) is 2.70. The number of rotatable bonds is 3. The van der Waals surface area contributed by atoms with Gasteiger partial charge in [-0.1, -0.05) is 47.0 Å². The van der Waals surface area contributed by atoms with Gasteiger partial charge in [0.25, 0.3) is 0 Å². The predicted octanol–water partition coefficient (Wildman–Crippen LogP) is 3.73. The minimum absolute atomic E-state index is 0.110. The van der Waals surface area contributed by atoms with Crippen molar-refractivity contribution in [2.75, 3.05) is 5.88 Å². The molecule has 0 atom stereocenters. The largest absolute Gasteiger partial charge is 0.349 e. The summed E-state index contributed by atoms with van der Waals surface area (Å²) in [5.74, 6) is 0.895. The van der Waals surface area contributed by atoms with Crippen LogP contribution in [0.15, 0.2) is 0 Å². The van der Waals surface area contributed by atoms with E-state index >= 15 is 0 Å². The minimum Gasteiger partial charge on any atom is -0.349 e. The molecule has 0 aromatic heterocycles. The maximum Gasteiger partial charge on any atom is 0.224 e. The SMILES string of the molecule is CC1(C)C(C(=O)NC2(CCl)CCCCC2)C1(C)C. The molecular weight excluding hydrogens is 246 g/mol. The van der Waals surface area contributed by atoms with Gasteiger partial charge in [0.1, 0.15) is 0 Å². The van der Waals surface area contributed by atoms with Gasteiger partial charge in [-0.2, -0.15) is 0 Å². The fourth-order valence-electron chi connectivity index (χ4n) is 3.71. The van der Waals surface area contributed by atoms with Gasteiger partial charge in [0.2, 0.25) is 5.91 Å². The van der Waals surface area contributed by atoms with Gasteiger partial charge in [0.05, 0.1) is 5.54 Å². The van der Waals surface area contributed by atoms with Gasteiger partial charge >= 0.3 is 0 Å². The average molecular weight is 272 g/mol. The van der Waals surface area contributed by atoms with Gasteiger partial charge in [-0.15, -0.1) is 11.6 Å². The van der Waals surface area contributed by atoms with Crippen LogP contribution < -0.4 is 5.32 Å². The van der Waals surface area contributed by atoms with E-state index in [1.807, 2.05) is 0 Å². The Balaban J connectivity index is 2.03. The first-order valence-electron chi connectivity index (χ1n) is 7.15. The quantitative estimate of drug-likeness (QED) is 0.779. The molecule has 2 rings (SSSR count). The molecule has 2 aliphatic carbocycles. The summed E-state index contributed by atoms with van der Waals surface area (Å²) >= 11 is 6.13. The molecule has 0 unspecified atom stereocenters. The maximum absolute atomic E-state index is 12.5. The van der Waals surface area contributed by atoms with Crippen molar-refractivity contribution < 1.29 is 4.79 Å². The third-order valence-electron chi connectivity index (χ3n) is 5.74. The van der Waals surface area contributed by atoms with E-state index in [2.05, 4.69) is 33.0 Å². The minimum atomic E-state index is -0.133. The molecule has 0 bridgehead atoms. The smallest absolute Gasteiger partial charge is 0.224 e. The first-order chi connectivity index (χ1) is 8.27. The molecular formula is C15H26ClNO. The lowest BCUT2D eigenvalue weighted by Crippen LogP contribution is -2.52. The Morgan fingerprint density at radius 1 is 1.11 bits per heavy atom. The summed E-state index contributed by atoms with van der Waals surface area (Å²) in [6, 6.07) is 0. The van der Waals surface area contributed by atoms with Crippen molar-refractivity contribution in [1.29, 1.82) is 0 Å². The highest BCUT2D eigenvalue weighted by molar-refractivity contribution is 6.18. The molecule has 2 saturated carbocycles. The molecule has 18 heavy (non-hydrogen) atoms. The fraction of sp³-hybridized carbons (Fsp3) is 0.933. The molecule has 2 nitrogen and oxygen atoms in total. The number of halogens is 1. The number of carbonyl (C=O) groups excluding carboxylic acids is 1. The third-order valence-corrected chi connectivity index (χ3v) is 6.25. The van der Waals surface area contributed by atoms with Gasteiger partial charge in [0.15, 0.2) is 0 Å². The molecule has 0 saturated heterocycles. The summed E-state index contributed by atoms with van der Waals surface area (Å²) < 4.78 is 0. The van der Waals surface area contributed by atoms with E-state index in [4.69, 9.17) is 11.6 Å². The van der Waals surface area contributed by atoms with E-state index in [1.165, 1.54) is 19.3 Å². The summed E-state index contributed by atoms with van der Waals surface area (Å²) in [4.78, 5) is 12.5. The zero-order valence-electron chi connectivity index (χ0n) is 12.1. The summed E-state index contributed by atoms with van der Waals surface area (Å²) in [5.41, 5.74) is 0.0874. The highest BCUT2D eigenvalue weighted by Crippen LogP contribution is 2.68. The van der Waals surface area contributed by atoms with Crippen LogP contribution in [0.3, 0.4) is 0 Å². The van der Waals surface area contributed by atoms with Gasteiger partial charge in [0, 0.05) is 11.8 Å². The van der Waals surface area contributed by atoms with Crippen LogP contribution in [0, 0.1) is 16.7 Å². The molecule has 0 spiro atoms. The Morgan fingerprint density at radius 3 is 2.00 bits per heavy atom. The van der Waals surface area contributed by atoms with E-state index < -0.39 is 0 Å². The molecule has 0 aromatic carbocycles. The number of amides is 1. The van der Waals surface area contributed by atoms with Crippen LogP contribution in [-0.2, 0) is 4.79 Å². The van der Waals surface area contributed by atoms with Crippen LogP contribution >= 0.6 is 11.6 Å². The fourth-order valence-corrected chi connectivity index (χ4v) is 4.04. The zero-order valence-corrected chi connectivity index (χ0v) is 12.9. The van der Waals surface area contributed by atoms with Crippen LogP contribution in [0.4, 0.5) is 0 Å². The Labute approximate surface area is 116 Å². The highest BCUT2D eigenvalue weighted by atomic mass is 35.5. The first-order valence-corrected chi connectivity index (χ1v) is 7.68. The van der Waals surface area contributed by atoms with Crippen molar-refractivity contribution in [3.63, 3.8) is 0 Å². The Kier molecular flexibility index (Phi) is 3.46. The topological polar surface area (TPSA) is 29.1 Å². The van der Waals surface area contributed by atoms with Gasteiger partial charge in [-0.3, -0.25) is 4.79 Å². The van der Waals surface area contributed by atoms with Crippen LogP contribution in [-0.4, -0.2) is 17.3 Å². The van der Waals surface area contributed by atoms with Crippen molar-refractivity contribution in [1.82, 2.24) is 5.32 Å². The van der Waals surface area contributed by atoms with Crippen molar-refractivity contribution in [2.24, 2.45) is 16.7 Å². The molecule has 2 fully saturated rings. The lowest BCUT2D eigenvalue weighted by Gasteiger charge is -2.36. The first kappa shape index (κ1) is 14.2. The van der Waals surface area contributed by atoms with Crippen molar-refractivity contribution in [2.45, 2.75) is 65.3 Å². The maximum atomic E-state index is 12.5. The molecule has 2 aliphatic rings. The van der Waals surface area contributed by atoms with Gasteiger partial charge in [-0.25, -0.2) is 0 Å². The van der Waals surface area contributed by atoms with Crippen molar-refractivity contribution in [3.8, 4) is 0 Å². The summed E-state index contributed by atoms with van der Waals surface area (Å²) in [7, 11) is 0. The molecule has 104 valence electrons. The molecule has 1 N–H and O–H groups in total. The molecule has 1 amide bonds. The normalized spacial score (nSPS) is 28.7. The number of nitrogens with one attached hydrogen (secondary N) is 1. The molecule has 0 radical (unpaired) electrons. The van der Waals surface area contributed by atoms with E-state index in [1.54, 1.807) is 0 Å². The second-order valence-corrected chi connectivity index (χ2v) is 7.61. The Morgan fingerprint density at radius 2 is 1.61 bits per heavy atom. The second-order valence-electron chi connectivity index (χ2n) is 7.34. The van der Waals surface area contributed by atoms with Crippen LogP contribution in [0.25, 0.3) is 0 Å². The van der Waals surface area contributed by atoms with E-state index in [9.17, 15) is 4.79 Å². The third kappa shape index (κ3) is 2.07. The lowest BCUT2D eigenvalue weighted by molar-refractivity contribution is -0.125. The molecule has 0 aliphatic heterocycles. The summed E-state index contributed by atoms with van der Waals surface area (Å²) in [5, 5.41) is 3.28. The Hall–Kier alpha value is -0.240. The predicted molar refractivity (Wildman–Crippen MR) is 75.7 cm³/mol. The lowest BCUT2D eigenvalue weighted by atomic mass is 9.83. The van der Waals surface area contributed by atoms with E-state index in [0.717, 1.165) is 12.8 Å². The number of hydrogen-bond acceptors (Lipinski definition) is 1. The van der Waals surface area contributed by atoms with E-state index in [-0.39, 0.29) is 28.2 Å². The summed E-state index contributed by atoms with van der Waals surface area (Å²) in [6.07, 6.45) is 5.72. The molecule has 0 heterocycles. The van der Waals surface area contributed by atoms with Crippen LogP contribution in [0.1, 0.15) is 59.8 Å². The molecule has 0 aromatic rings. The van der Waals surface area contributed by atoms with Gasteiger partial charge in [-0.05, 0) is 23.7 Å². The van der Waals surface area contributed by atoms with Gasteiger partial charge < -0.3 is 5.32 Å². The zero-order chi connectivity index (χ0) is 13.6. The van der Waals surface area contributed by atoms with E-state index in [0.29, 0.717) is 5.88 Å². The Bertz CT molecular complexity index is 328. The monoisotopic (exact) mass is 271 g/mol. The van der Waals surface area contributed by atoms with Crippen LogP contribution in [0.5, 0.6) is 0 Å². The number of alkyl halides is 1. The number of carbonyl (C=O) groups is 1. The van der Waals surface area contributed by atoms with Crippen molar-refractivity contribution >= 4 is 17.5 Å². The summed E-state index contributed by atoms with van der Waals surface area (Å²) in [6.45, 7) is 8.74. The molecule has 3 heteroatoms.